The predicted octanol–water partition coefficient (Wildman–Crippen LogP) is 1.95. The molecule has 8 nitrogen and oxygen atoms in total. The lowest BCUT2D eigenvalue weighted by Crippen LogP contribution is -2.54. The normalized spacial score (nSPS) is 23.8. The van der Waals surface area contributed by atoms with Gasteiger partial charge in [-0.3, -0.25) is 19.3 Å². The molecule has 0 radical (unpaired) electrons. The van der Waals surface area contributed by atoms with E-state index in [4.69, 9.17) is 4.74 Å². The second-order valence-corrected chi connectivity index (χ2v) is 7.31. The topological polar surface area (TPSA) is 105 Å². The van der Waals surface area contributed by atoms with Gasteiger partial charge < -0.3 is 15.4 Å². The van der Waals surface area contributed by atoms with Crippen molar-refractivity contribution in [3.8, 4) is 0 Å². The average Bonchev–Trinajstić information content (AvgIpc) is 2.87. The third-order valence-corrected chi connectivity index (χ3v) is 5.30. The van der Waals surface area contributed by atoms with Crippen molar-refractivity contribution in [2.24, 2.45) is 5.92 Å². The average molecular weight is 409 g/mol. The first-order valence-corrected chi connectivity index (χ1v) is 9.27. The highest BCUT2D eigenvalue weighted by atomic mass is 19.1. The van der Waals surface area contributed by atoms with E-state index in [2.05, 4.69) is 10.6 Å². The minimum atomic E-state index is -0.992. The molecule has 1 saturated heterocycles. The predicted molar refractivity (Wildman–Crippen MR) is 96.6 cm³/mol. The second kappa shape index (κ2) is 8.14. The highest BCUT2D eigenvalue weighted by molar-refractivity contribution is 6.09. The number of nitrogens with one attached hydrogen (secondary N) is 2. The van der Waals surface area contributed by atoms with Crippen LogP contribution in [0, 0.1) is 17.6 Å². The second-order valence-electron chi connectivity index (χ2n) is 7.31. The Kier molecular flexibility index (Phi) is 5.81. The van der Waals surface area contributed by atoms with E-state index in [0.29, 0.717) is 12.5 Å². The molecule has 1 heterocycles. The highest BCUT2D eigenvalue weighted by Crippen LogP contribution is 2.38. The van der Waals surface area contributed by atoms with E-state index in [1.165, 1.54) is 0 Å². The first-order valence-electron chi connectivity index (χ1n) is 9.27. The highest BCUT2D eigenvalue weighted by Gasteiger charge is 2.55. The molecular formula is C19H21F2N3O5. The van der Waals surface area contributed by atoms with Gasteiger partial charge >= 0.3 is 12.0 Å². The molecule has 2 atom stereocenters. The molecule has 10 heteroatoms. The lowest BCUT2D eigenvalue weighted by molar-refractivity contribution is -0.150. The first kappa shape index (κ1) is 20.7. The summed E-state index contributed by atoms with van der Waals surface area (Å²) in [6, 6.07) is 1.79. The molecule has 0 bridgehead atoms. The van der Waals surface area contributed by atoms with Gasteiger partial charge in [0, 0.05) is 11.8 Å². The number of esters is 1. The molecule has 0 aromatic heterocycles. The number of imide groups is 1. The Morgan fingerprint density at radius 1 is 1.24 bits per heavy atom. The minimum Gasteiger partial charge on any atom is -0.454 e. The largest absolute Gasteiger partial charge is 0.454 e. The zero-order chi connectivity index (χ0) is 21.2. The van der Waals surface area contributed by atoms with Crippen LogP contribution in [-0.4, -0.2) is 47.4 Å². The monoisotopic (exact) mass is 409 g/mol. The smallest absolute Gasteiger partial charge is 0.326 e. The number of rotatable bonds is 5. The zero-order valence-corrected chi connectivity index (χ0v) is 15.8. The van der Waals surface area contributed by atoms with Gasteiger partial charge in [0.1, 0.15) is 23.7 Å². The molecule has 1 aliphatic heterocycles. The van der Waals surface area contributed by atoms with E-state index in [-0.39, 0.29) is 11.6 Å². The molecule has 1 aromatic carbocycles. The Balaban J connectivity index is 1.53. The third-order valence-electron chi connectivity index (χ3n) is 5.30. The number of hydrogen-bond donors (Lipinski definition) is 2. The van der Waals surface area contributed by atoms with Crippen molar-refractivity contribution < 1.29 is 32.7 Å². The van der Waals surface area contributed by atoms with Crippen molar-refractivity contribution in [1.82, 2.24) is 10.2 Å². The van der Waals surface area contributed by atoms with Gasteiger partial charge in [-0.25, -0.2) is 13.6 Å². The molecular weight excluding hydrogens is 388 g/mol. The van der Waals surface area contributed by atoms with Crippen LogP contribution in [0.4, 0.5) is 19.3 Å². The Bertz CT molecular complexity index is 842. The quantitative estimate of drug-likeness (QED) is 0.571. The number of hydrogen-bond acceptors (Lipinski definition) is 5. The van der Waals surface area contributed by atoms with Gasteiger partial charge in [-0.2, -0.15) is 0 Å². The van der Waals surface area contributed by atoms with Crippen molar-refractivity contribution in [3.63, 3.8) is 0 Å². The fourth-order valence-electron chi connectivity index (χ4n) is 3.78. The van der Waals surface area contributed by atoms with Crippen molar-refractivity contribution in [3.05, 3.63) is 29.8 Å². The number of nitrogens with zero attached hydrogens (tertiary/aromatic N) is 1. The zero-order valence-electron chi connectivity index (χ0n) is 15.8. The molecule has 1 aliphatic carbocycles. The standard InChI is InChI=1S/C19H21F2N3O5/c1-11-4-2-3-5-19(11)17(27)24(18(28)23-19)9-16(26)29-10-15(25)22-14-7-12(20)6-13(21)8-14/h6-8,11H,2-5,9-10H2,1H3,(H,22,25)(H,23,28). The number of halogens is 2. The number of amides is 4. The maximum Gasteiger partial charge on any atom is 0.326 e. The lowest BCUT2D eigenvalue weighted by Gasteiger charge is -2.36. The van der Waals surface area contributed by atoms with Crippen molar-refractivity contribution in [2.45, 2.75) is 38.1 Å². The van der Waals surface area contributed by atoms with Gasteiger partial charge in [0.05, 0.1) is 0 Å². The molecule has 2 aliphatic rings. The van der Waals surface area contributed by atoms with Crippen molar-refractivity contribution in [2.75, 3.05) is 18.5 Å². The van der Waals surface area contributed by atoms with Crippen molar-refractivity contribution >= 4 is 29.5 Å². The van der Waals surface area contributed by atoms with Crippen LogP contribution in [0.25, 0.3) is 0 Å². The van der Waals surface area contributed by atoms with E-state index >= 15 is 0 Å². The van der Waals surface area contributed by atoms with Gasteiger partial charge in [-0.15, -0.1) is 0 Å². The summed E-state index contributed by atoms with van der Waals surface area (Å²) in [5, 5.41) is 4.90. The Morgan fingerprint density at radius 2 is 1.93 bits per heavy atom. The third kappa shape index (κ3) is 4.36. The van der Waals surface area contributed by atoms with Crippen LogP contribution < -0.4 is 10.6 Å². The minimum absolute atomic E-state index is 0.0499. The summed E-state index contributed by atoms with van der Waals surface area (Å²) in [6.45, 7) is 0.530. The van der Waals surface area contributed by atoms with Gasteiger partial charge in [0.25, 0.3) is 11.8 Å². The number of carbonyl (C=O) groups is 4. The molecule has 3 rings (SSSR count). The maximum atomic E-state index is 13.1. The lowest BCUT2D eigenvalue weighted by atomic mass is 9.73. The molecule has 1 saturated carbocycles. The first-order chi connectivity index (χ1) is 13.7. The van der Waals surface area contributed by atoms with E-state index in [1.807, 2.05) is 6.92 Å². The number of ether oxygens (including phenoxy) is 1. The van der Waals surface area contributed by atoms with Gasteiger partial charge in [0.15, 0.2) is 6.61 Å². The molecule has 156 valence electrons. The molecule has 1 aromatic rings. The summed E-state index contributed by atoms with van der Waals surface area (Å²) in [6.07, 6.45) is 3.08. The Labute approximate surface area is 165 Å². The Morgan fingerprint density at radius 3 is 2.59 bits per heavy atom. The van der Waals surface area contributed by atoms with E-state index < -0.39 is 54.1 Å². The Hall–Kier alpha value is -3.04. The van der Waals surface area contributed by atoms with Crippen LogP contribution in [0.2, 0.25) is 0 Å². The fourth-order valence-corrected chi connectivity index (χ4v) is 3.78. The van der Waals surface area contributed by atoms with E-state index in [9.17, 15) is 28.0 Å². The number of anilines is 1. The molecule has 2 N–H and O–H groups in total. The van der Waals surface area contributed by atoms with Gasteiger partial charge in [-0.05, 0) is 30.9 Å². The summed E-state index contributed by atoms with van der Waals surface area (Å²) in [5.41, 5.74) is -1.13. The SMILES string of the molecule is CC1CCCCC12NC(=O)N(CC(=O)OCC(=O)Nc1cc(F)cc(F)c1)C2=O. The van der Waals surface area contributed by atoms with Crippen LogP contribution in [-0.2, 0) is 19.1 Å². The number of urea groups is 1. The summed E-state index contributed by atoms with van der Waals surface area (Å²) in [5.74, 6) is -4.03. The fraction of sp³-hybridized carbons (Fsp3) is 0.474. The summed E-state index contributed by atoms with van der Waals surface area (Å²) in [4.78, 5) is 49.6. The van der Waals surface area contributed by atoms with E-state index in [1.54, 1.807) is 0 Å². The molecule has 1 spiro atoms. The molecule has 4 amide bonds. The number of carbonyl (C=O) groups excluding carboxylic acids is 4. The van der Waals surface area contributed by atoms with Crippen LogP contribution in [0.5, 0.6) is 0 Å². The molecule has 2 unspecified atom stereocenters. The van der Waals surface area contributed by atoms with Crippen LogP contribution in [0.15, 0.2) is 18.2 Å². The van der Waals surface area contributed by atoms with E-state index in [0.717, 1.165) is 36.3 Å². The van der Waals surface area contributed by atoms with Crippen LogP contribution >= 0.6 is 0 Å². The molecule has 2 fully saturated rings. The van der Waals surface area contributed by atoms with Gasteiger partial charge in [-0.1, -0.05) is 19.8 Å². The summed E-state index contributed by atoms with van der Waals surface area (Å²) >= 11 is 0. The molecule has 29 heavy (non-hydrogen) atoms. The summed E-state index contributed by atoms with van der Waals surface area (Å²) < 4.78 is 31.0. The van der Waals surface area contributed by atoms with Gasteiger partial charge in [0.2, 0.25) is 0 Å². The van der Waals surface area contributed by atoms with Crippen molar-refractivity contribution in [1.29, 1.82) is 0 Å². The van der Waals surface area contributed by atoms with Crippen LogP contribution in [0.1, 0.15) is 32.6 Å². The number of benzene rings is 1. The summed E-state index contributed by atoms with van der Waals surface area (Å²) in [7, 11) is 0. The maximum absolute atomic E-state index is 13.1. The van der Waals surface area contributed by atoms with Crippen LogP contribution in [0.3, 0.4) is 0 Å².